The van der Waals surface area contributed by atoms with Crippen LogP contribution in [0.2, 0.25) is 0 Å². The van der Waals surface area contributed by atoms with Gasteiger partial charge in [0.05, 0.1) is 23.3 Å². The number of amides is 1. The monoisotopic (exact) mass is 467 g/mol. The summed E-state index contributed by atoms with van der Waals surface area (Å²) in [5.41, 5.74) is 0.751. The topological polar surface area (TPSA) is 87.0 Å². The molecule has 3 heterocycles. The predicted molar refractivity (Wildman–Crippen MR) is 111 cm³/mol. The van der Waals surface area contributed by atoms with Crippen LogP contribution in [0.15, 0.2) is 42.7 Å². The summed E-state index contributed by atoms with van der Waals surface area (Å²) in [6, 6.07) is 5.44. The highest BCUT2D eigenvalue weighted by Gasteiger charge is 2.35. The van der Waals surface area contributed by atoms with E-state index in [-0.39, 0.29) is 29.6 Å². The molecule has 0 unspecified atom stereocenters. The van der Waals surface area contributed by atoms with Crippen molar-refractivity contribution in [2.24, 2.45) is 0 Å². The Morgan fingerprint density at radius 3 is 2.69 bits per heavy atom. The molecule has 0 bridgehead atoms. The van der Waals surface area contributed by atoms with Crippen molar-refractivity contribution in [2.45, 2.75) is 18.6 Å². The highest BCUT2D eigenvalue weighted by Crippen LogP contribution is 2.39. The number of alkyl halides is 1. The molecule has 1 aliphatic rings. The van der Waals surface area contributed by atoms with Crippen LogP contribution < -0.4 is 9.62 Å². The van der Waals surface area contributed by atoms with E-state index in [2.05, 4.69) is 5.10 Å². The third-order valence-corrected chi connectivity index (χ3v) is 6.76. The van der Waals surface area contributed by atoms with Crippen LogP contribution in [0, 0.1) is 11.6 Å². The second kappa shape index (κ2) is 8.10. The normalized spacial score (nSPS) is 19.1. The van der Waals surface area contributed by atoms with Gasteiger partial charge in [-0.15, -0.1) is 0 Å². The van der Waals surface area contributed by atoms with Crippen LogP contribution in [0.3, 0.4) is 0 Å². The maximum Gasteiger partial charge on any atom is 0.303 e. The fraction of sp³-hybridized carbons (Fsp3) is 0.300. The van der Waals surface area contributed by atoms with E-state index in [1.807, 2.05) is 4.72 Å². The first kappa shape index (κ1) is 22.1. The molecule has 0 spiro atoms. The van der Waals surface area contributed by atoms with Gasteiger partial charge in [0.15, 0.2) is 0 Å². The number of carbonyl (C=O) groups excluding carboxylic acids is 1. The first-order valence-electron chi connectivity index (χ1n) is 9.64. The molecule has 4 rings (SSSR count). The Bertz CT molecular complexity index is 1290. The van der Waals surface area contributed by atoms with Crippen molar-refractivity contribution in [3.05, 3.63) is 65.5 Å². The van der Waals surface area contributed by atoms with E-state index < -0.39 is 40.0 Å². The second-order valence-electron chi connectivity index (χ2n) is 7.66. The van der Waals surface area contributed by atoms with Crippen molar-refractivity contribution >= 4 is 27.3 Å². The van der Waals surface area contributed by atoms with Gasteiger partial charge >= 0.3 is 10.2 Å². The predicted octanol–water partition coefficient (Wildman–Crippen LogP) is 2.44. The van der Waals surface area contributed by atoms with Crippen molar-refractivity contribution < 1.29 is 26.4 Å². The van der Waals surface area contributed by atoms with Crippen molar-refractivity contribution in [3.63, 3.8) is 0 Å². The Labute approximate surface area is 182 Å². The van der Waals surface area contributed by atoms with E-state index in [4.69, 9.17) is 0 Å². The van der Waals surface area contributed by atoms with E-state index in [1.54, 1.807) is 11.0 Å². The van der Waals surface area contributed by atoms with Gasteiger partial charge < -0.3 is 4.90 Å². The van der Waals surface area contributed by atoms with Gasteiger partial charge in [-0.2, -0.15) is 17.8 Å². The third-order valence-electron chi connectivity index (χ3n) is 5.35. The van der Waals surface area contributed by atoms with Crippen LogP contribution in [0.1, 0.15) is 28.4 Å². The molecule has 32 heavy (non-hydrogen) atoms. The van der Waals surface area contributed by atoms with Gasteiger partial charge in [0.25, 0.3) is 5.91 Å². The standard InChI is InChI=1S/C20H20F3N5O3S/c1-26(2)32(30,31)25-20(29)16-10-24-28-6-5-14(9-19(16)28)27-11-13(22)8-18(27)15-7-12(21)3-4-17(15)23/h3-7,9-10,13,18H,8,11H2,1-2H3,(H,25,29)/t13-,18+/m0/s1. The molecule has 1 N–H and O–H groups in total. The molecule has 0 aliphatic carbocycles. The minimum Gasteiger partial charge on any atom is -0.361 e. The fourth-order valence-corrected chi connectivity index (χ4v) is 4.25. The molecule has 170 valence electrons. The van der Waals surface area contributed by atoms with Crippen molar-refractivity contribution in [1.82, 2.24) is 18.6 Å². The van der Waals surface area contributed by atoms with Crippen molar-refractivity contribution in [2.75, 3.05) is 25.5 Å². The number of hydrogen-bond acceptors (Lipinski definition) is 5. The molecule has 1 amide bonds. The van der Waals surface area contributed by atoms with Crippen LogP contribution in [-0.4, -0.2) is 55.1 Å². The molecule has 0 radical (unpaired) electrons. The zero-order valence-corrected chi connectivity index (χ0v) is 18.0. The summed E-state index contributed by atoms with van der Waals surface area (Å²) >= 11 is 0. The fourth-order valence-electron chi connectivity index (χ4n) is 3.72. The summed E-state index contributed by atoms with van der Waals surface area (Å²) in [4.78, 5) is 14.1. The van der Waals surface area contributed by atoms with Gasteiger partial charge in [0.2, 0.25) is 0 Å². The summed E-state index contributed by atoms with van der Waals surface area (Å²) in [6.07, 6.45) is 1.44. The number of nitrogens with zero attached hydrogens (tertiary/aromatic N) is 4. The quantitative estimate of drug-likeness (QED) is 0.623. The molecule has 2 aromatic heterocycles. The molecule has 2 atom stereocenters. The molecular weight excluding hydrogens is 447 g/mol. The number of fused-ring (bicyclic) bond motifs is 1. The van der Waals surface area contributed by atoms with Crippen LogP contribution in [0.5, 0.6) is 0 Å². The van der Waals surface area contributed by atoms with E-state index in [0.29, 0.717) is 5.69 Å². The van der Waals surface area contributed by atoms with E-state index >= 15 is 0 Å². The number of hydrogen-bond donors (Lipinski definition) is 1. The lowest BCUT2D eigenvalue weighted by molar-refractivity contribution is 0.0981. The smallest absolute Gasteiger partial charge is 0.303 e. The molecule has 1 saturated heterocycles. The van der Waals surface area contributed by atoms with Crippen LogP contribution in [-0.2, 0) is 10.2 Å². The van der Waals surface area contributed by atoms with Crippen molar-refractivity contribution in [1.29, 1.82) is 0 Å². The average Bonchev–Trinajstić information content (AvgIpc) is 3.32. The number of benzene rings is 1. The maximum atomic E-state index is 14.4. The van der Waals surface area contributed by atoms with Crippen molar-refractivity contribution in [3.8, 4) is 0 Å². The van der Waals surface area contributed by atoms with Crippen LogP contribution in [0.25, 0.3) is 5.52 Å². The molecule has 1 fully saturated rings. The Hall–Kier alpha value is -3.12. The Kier molecular flexibility index (Phi) is 5.59. The zero-order valence-electron chi connectivity index (χ0n) is 17.2. The molecule has 12 heteroatoms. The zero-order chi connectivity index (χ0) is 23.2. The average molecular weight is 467 g/mol. The number of rotatable bonds is 5. The molecule has 0 saturated carbocycles. The summed E-state index contributed by atoms with van der Waals surface area (Å²) < 4.78 is 70.6. The summed E-state index contributed by atoms with van der Waals surface area (Å²) in [6.45, 7) is -0.0541. The number of pyridine rings is 1. The minimum absolute atomic E-state index is 0.0123. The number of halogens is 3. The molecular formula is C20H20F3N5O3S. The SMILES string of the molecule is CN(C)S(=O)(=O)NC(=O)c1cnn2ccc(N3C[C@@H](F)C[C@@H]3c3cc(F)ccc3F)cc12. The highest BCUT2D eigenvalue weighted by molar-refractivity contribution is 7.87. The van der Waals surface area contributed by atoms with Crippen LogP contribution >= 0.6 is 0 Å². The molecule has 3 aromatic rings. The molecule has 1 aliphatic heterocycles. The van der Waals surface area contributed by atoms with Gasteiger partial charge in [-0.1, -0.05) is 0 Å². The lowest BCUT2D eigenvalue weighted by Gasteiger charge is -2.27. The lowest BCUT2D eigenvalue weighted by Crippen LogP contribution is -2.39. The first-order valence-corrected chi connectivity index (χ1v) is 11.1. The Balaban J connectivity index is 1.72. The van der Waals surface area contributed by atoms with E-state index in [0.717, 1.165) is 22.5 Å². The van der Waals surface area contributed by atoms with E-state index in [1.165, 1.54) is 37.1 Å². The molecule has 1 aromatic carbocycles. The third kappa shape index (κ3) is 4.02. The van der Waals surface area contributed by atoms with Crippen LogP contribution in [0.4, 0.5) is 18.9 Å². The first-order chi connectivity index (χ1) is 15.1. The number of carbonyl (C=O) groups is 1. The minimum atomic E-state index is -4.02. The lowest BCUT2D eigenvalue weighted by atomic mass is 10.0. The van der Waals surface area contributed by atoms with Gasteiger partial charge in [-0.3, -0.25) is 4.79 Å². The number of aromatic nitrogens is 2. The second-order valence-corrected chi connectivity index (χ2v) is 9.54. The van der Waals surface area contributed by atoms with Gasteiger partial charge in [-0.05, 0) is 30.3 Å². The summed E-state index contributed by atoms with van der Waals surface area (Å²) in [5, 5.41) is 4.05. The number of nitrogens with one attached hydrogen (secondary N) is 1. The Morgan fingerprint density at radius 2 is 1.97 bits per heavy atom. The number of anilines is 1. The molecule has 8 nitrogen and oxygen atoms in total. The van der Waals surface area contributed by atoms with E-state index in [9.17, 15) is 26.4 Å². The van der Waals surface area contributed by atoms with Gasteiger partial charge in [-0.25, -0.2) is 22.4 Å². The van der Waals surface area contributed by atoms with Gasteiger partial charge in [0, 0.05) is 44.5 Å². The summed E-state index contributed by atoms with van der Waals surface area (Å²) in [7, 11) is -1.47. The van der Waals surface area contributed by atoms with Gasteiger partial charge in [0.1, 0.15) is 17.8 Å². The maximum absolute atomic E-state index is 14.4. The largest absolute Gasteiger partial charge is 0.361 e. The highest BCUT2D eigenvalue weighted by atomic mass is 32.2. The summed E-state index contributed by atoms with van der Waals surface area (Å²) in [5.74, 6) is -2.16. The Morgan fingerprint density at radius 1 is 1.22 bits per heavy atom.